The van der Waals surface area contributed by atoms with Crippen molar-refractivity contribution in [3.05, 3.63) is 46.2 Å². The fourth-order valence-corrected chi connectivity index (χ4v) is 3.73. The number of thioether (sulfide) groups is 1. The molecule has 0 radical (unpaired) electrons. The summed E-state index contributed by atoms with van der Waals surface area (Å²) in [7, 11) is 0. The van der Waals surface area contributed by atoms with Crippen LogP contribution in [0.2, 0.25) is 0 Å². The van der Waals surface area contributed by atoms with Gasteiger partial charge in [0.1, 0.15) is 16.5 Å². The van der Waals surface area contributed by atoms with Crippen LogP contribution >= 0.6 is 23.1 Å². The Morgan fingerprint density at radius 2 is 2.25 bits per heavy atom. The summed E-state index contributed by atoms with van der Waals surface area (Å²) in [5, 5.41) is 10.1. The average Bonchev–Trinajstić information content (AvgIpc) is 3.25. The molecule has 1 amide bonds. The minimum Gasteiger partial charge on any atom is -0.462 e. The fraction of sp³-hybridized carbons (Fsp3) is 0.250. The second-order valence-corrected chi connectivity index (χ2v) is 7.04. The van der Waals surface area contributed by atoms with Crippen molar-refractivity contribution in [2.45, 2.75) is 20.3 Å². The van der Waals surface area contributed by atoms with Crippen LogP contribution in [0.3, 0.4) is 0 Å². The van der Waals surface area contributed by atoms with Gasteiger partial charge in [-0.2, -0.15) is 4.99 Å². The molecule has 3 heterocycles. The molecule has 0 aromatic carbocycles. The van der Waals surface area contributed by atoms with Gasteiger partial charge in [-0.25, -0.2) is 0 Å². The zero-order valence-electron chi connectivity index (χ0n) is 13.4. The van der Waals surface area contributed by atoms with E-state index in [0.717, 1.165) is 17.2 Å². The summed E-state index contributed by atoms with van der Waals surface area (Å²) < 4.78 is 5.52. The van der Waals surface area contributed by atoms with Gasteiger partial charge in [-0.3, -0.25) is 9.69 Å². The molecule has 1 aliphatic heterocycles. The van der Waals surface area contributed by atoms with E-state index in [2.05, 4.69) is 21.8 Å². The number of aryl methyl sites for hydroxylation is 2. The lowest BCUT2D eigenvalue weighted by Crippen LogP contribution is -2.29. The second kappa shape index (κ2) is 7.14. The smallest absolute Gasteiger partial charge is 0.267 e. The largest absolute Gasteiger partial charge is 0.462 e. The molecule has 1 fully saturated rings. The normalized spacial score (nSPS) is 18.1. The van der Waals surface area contributed by atoms with Crippen LogP contribution in [0.4, 0.5) is 5.13 Å². The minimum atomic E-state index is -0.118. The number of amides is 1. The van der Waals surface area contributed by atoms with Gasteiger partial charge in [0.15, 0.2) is 5.17 Å². The van der Waals surface area contributed by atoms with Gasteiger partial charge in [-0.15, -0.1) is 16.8 Å². The Kier molecular flexibility index (Phi) is 4.96. The van der Waals surface area contributed by atoms with Crippen LogP contribution < -0.4 is 0 Å². The molecule has 3 rings (SSSR count). The Balaban J connectivity index is 1.91. The maximum absolute atomic E-state index is 12.6. The first-order valence-corrected chi connectivity index (χ1v) is 9.03. The van der Waals surface area contributed by atoms with E-state index in [1.165, 1.54) is 23.1 Å². The maximum atomic E-state index is 12.6. The molecule has 2 aromatic rings. The van der Waals surface area contributed by atoms with Gasteiger partial charge in [-0.1, -0.05) is 24.3 Å². The van der Waals surface area contributed by atoms with Crippen LogP contribution in [-0.2, 0) is 11.2 Å². The molecule has 1 aliphatic rings. The van der Waals surface area contributed by atoms with Crippen LogP contribution in [0.5, 0.6) is 0 Å². The highest BCUT2D eigenvalue weighted by atomic mass is 32.2. The molecule has 0 bridgehead atoms. The molecule has 1 saturated heterocycles. The van der Waals surface area contributed by atoms with Crippen LogP contribution in [0.25, 0.3) is 6.08 Å². The number of amidine groups is 1. The average molecular weight is 360 g/mol. The van der Waals surface area contributed by atoms with Gasteiger partial charge in [0.2, 0.25) is 5.13 Å². The first kappa shape index (κ1) is 16.7. The summed E-state index contributed by atoms with van der Waals surface area (Å²) in [6.45, 7) is 7.98. The van der Waals surface area contributed by atoms with Crippen molar-refractivity contribution in [2.75, 3.05) is 6.54 Å². The van der Waals surface area contributed by atoms with Crippen molar-refractivity contribution >= 4 is 45.4 Å². The number of aliphatic imine (C=N–C) groups is 1. The SMILES string of the molecule is C=CCN1C(=O)/C(=C\c2ccc(C)o2)SC1=Nc1nnc(CC)s1. The fourth-order valence-electron chi connectivity index (χ4n) is 2.06. The van der Waals surface area contributed by atoms with E-state index in [1.807, 2.05) is 26.0 Å². The lowest BCUT2D eigenvalue weighted by molar-refractivity contribution is -0.121. The first-order chi connectivity index (χ1) is 11.6. The molecule has 24 heavy (non-hydrogen) atoms. The highest BCUT2D eigenvalue weighted by Crippen LogP contribution is 2.34. The summed E-state index contributed by atoms with van der Waals surface area (Å²) in [4.78, 5) is 19.2. The zero-order valence-corrected chi connectivity index (χ0v) is 15.0. The van der Waals surface area contributed by atoms with Gasteiger partial charge in [0, 0.05) is 12.6 Å². The van der Waals surface area contributed by atoms with Crippen molar-refractivity contribution in [1.82, 2.24) is 15.1 Å². The zero-order chi connectivity index (χ0) is 17.1. The van der Waals surface area contributed by atoms with Gasteiger partial charge < -0.3 is 4.42 Å². The molecule has 8 heteroatoms. The first-order valence-electron chi connectivity index (χ1n) is 7.40. The van der Waals surface area contributed by atoms with Gasteiger partial charge in [-0.05, 0) is 37.2 Å². The molecule has 124 valence electrons. The standard InChI is InChI=1S/C16H16N4O2S2/c1-4-8-20-14(21)12(9-11-7-6-10(3)22-11)23-16(20)17-15-19-18-13(5-2)24-15/h4,6-7,9H,1,5,8H2,2-3H3/b12-9+,17-16?. The molecule has 0 saturated carbocycles. The lowest BCUT2D eigenvalue weighted by atomic mass is 10.3. The third-order valence-corrected chi connectivity index (χ3v) is 5.15. The highest BCUT2D eigenvalue weighted by Gasteiger charge is 2.33. The number of hydrogen-bond acceptors (Lipinski definition) is 7. The van der Waals surface area contributed by atoms with E-state index in [0.29, 0.717) is 27.5 Å². The Morgan fingerprint density at radius 3 is 2.88 bits per heavy atom. The van der Waals surface area contributed by atoms with E-state index in [4.69, 9.17) is 4.42 Å². The number of aromatic nitrogens is 2. The number of nitrogens with zero attached hydrogens (tertiary/aromatic N) is 4. The highest BCUT2D eigenvalue weighted by molar-refractivity contribution is 8.18. The van der Waals surface area contributed by atoms with Crippen molar-refractivity contribution in [2.24, 2.45) is 4.99 Å². The number of hydrogen-bond donors (Lipinski definition) is 0. The van der Waals surface area contributed by atoms with Crippen LogP contribution in [-0.4, -0.2) is 32.7 Å². The van der Waals surface area contributed by atoms with Gasteiger partial charge >= 0.3 is 0 Å². The van der Waals surface area contributed by atoms with Crippen molar-refractivity contribution < 1.29 is 9.21 Å². The molecule has 0 unspecified atom stereocenters. The van der Waals surface area contributed by atoms with E-state index in [-0.39, 0.29) is 5.91 Å². The van der Waals surface area contributed by atoms with Gasteiger partial charge in [0.05, 0.1) is 4.91 Å². The minimum absolute atomic E-state index is 0.118. The third kappa shape index (κ3) is 3.49. The number of rotatable bonds is 5. The maximum Gasteiger partial charge on any atom is 0.267 e. The van der Waals surface area contributed by atoms with E-state index in [9.17, 15) is 4.79 Å². The molecule has 0 N–H and O–H groups in total. The molecular weight excluding hydrogens is 344 g/mol. The summed E-state index contributed by atoms with van der Waals surface area (Å²) in [6.07, 6.45) is 4.22. The summed E-state index contributed by atoms with van der Waals surface area (Å²) in [6, 6.07) is 3.70. The number of carbonyl (C=O) groups excluding carboxylic acids is 1. The molecular formula is C16H16N4O2S2. The van der Waals surface area contributed by atoms with E-state index in [1.54, 1.807) is 17.1 Å². The van der Waals surface area contributed by atoms with Crippen molar-refractivity contribution in [1.29, 1.82) is 0 Å². The predicted octanol–water partition coefficient (Wildman–Crippen LogP) is 3.79. The Hall–Kier alpha value is -2.19. The predicted molar refractivity (Wildman–Crippen MR) is 97.3 cm³/mol. The monoisotopic (exact) mass is 360 g/mol. The molecule has 0 atom stereocenters. The quantitative estimate of drug-likeness (QED) is 0.599. The van der Waals surface area contributed by atoms with Crippen molar-refractivity contribution in [3.63, 3.8) is 0 Å². The molecule has 6 nitrogen and oxygen atoms in total. The topological polar surface area (TPSA) is 71.6 Å². The molecule has 0 aliphatic carbocycles. The number of furan rings is 1. The van der Waals surface area contributed by atoms with Crippen LogP contribution in [0.15, 0.2) is 39.1 Å². The Bertz CT molecular complexity index is 835. The summed E-state index contributed by atoms with van der Waals surface area (Å²) in [5.41, 5.74) is 0. The molecule has 2 aromatic heterocycles. The van der Waals surface area contributed by atoms with E-state index < -0.39 is 0 Å². The Morgan fingerprint density at radius 1 is 1.42 bits per heavy atom. The van der Waals surface area contributed by atoms with Crippen LogP contribution in [0.1, 0.15) is 23.5 Å². The second-order valence-electron chi connectivity index (χ2n) is 4.99. The lowest BCUT2D eigenvalue weighted by Gasteiger charge is -2.11. The summed E-state index contributed by atoms with van der Waals surface area (Å²) >= 11 is 2.73. The van der Waals surface area contributed by atoms with Crippen molar-refractivity contribution in [3.8, 4) is 0 Å². The van der Waals surface area contributed by atoms with Crippen LogP contribution in [0, 0.1) is 6.92 Å². The molecule has 0 spiro atoms. The van der Waals surface area contributed by atoms with E-state index >= 15 is 0 Å². The Labute approximate surface area is 148 Å². The summed E-state index contributed by atoms with van der Waals surface area (Å²) in [5.74, 6) is 1.33. The third-order valence-electron chi connectivity index (χ3n) is 3.18. The van der Waals surface area contributed by atoms with Gasteiger partial charge in [0.25, 0.3) is 5.91 Å². The number of carbonyl (C=O) groups is 1.